The Morgan fingerprint density at radius 3 is 2.18 bits per heavy atom. The summed E-state index contributed by atoms with van der Waals surface area (Å²) in [4.78, 5) is 11.2. The van der Waals surface area contributed by atoms with Gasteiger partial charge in [-0.1, -0.05) is 12.6 Å². The van der Waals surface area contributed by atoms with Gasteiger partial charge in [0.2, 0.25) is 6.10 Å². The molecular formula is C13H10F6O3. The van der Waals surface area contributed by atoms with Crippen LogP contribution in [0, 0.1) is 0 Å². The monoisotopic (exact) mass is 328 g/mol. The van der Waals surface area contributed by atoms with Crippen molar-refractivity contribution in [1.82, 2.24) is 0 Å². The summed E-state index contributed by atoms with van der Waals surface area (Å²) in [6, 6.07) is 1.12. The number of hydrogen-bond acceptors (Lipinski definition) is 3. The van der Waals surface area contributed by atoms with Gasteiger partial charge in [-0.3, -0.25) is 0 Å². The maximum atomic E-state index is 12.9. The summed E-state index contributed by atoms with van der Waals surface area (Å²) < 4.78 is 80.7. The zero-order valence-electron chi connectivity index (χ0n) is 11.0. The van der Waals surface area contributed by atoms with Crippen molar-refractivity contribution < 1.29 is 41.0 Å². The number of carbonyl (C=O) groups is 1. The first-order valence-electron chi connectivity index (χ1n) is 5.67. The van der Waals surface area contributed by atoms with Crippen LogP contribution in [0.25, 0.3) is 0 Å². The van der Waals surface area contributed by atoms with E-state index in [-0.39, 0.29) is 11.6 Å². The molecule has 0 aromatic heterocycles. The highest BCUT2D eigenvalue weighted by molar-refractivity contribution is 5.87. The molecule has 3 nitrogen and oxygen atoms in total. The molecule has 0 saturated carbocycles. The minimum absolute atomic E-state index is 0.0825. The van der Waals surface area contributed by atoms with Crippen LogP contribution in [0.5, 0.6) is 5.75 Å². The van der Waals surface area contributed by atoms with Gasteiger partial charge in [-0.2, -0.15) is 26.3 Å². The van der Waals surface area contributed by atoms with E-state index in [0.29, 0.717) is 12.1 Å². The number of esters is 1. The highest BCUT2D eigenvalue weighted by atomic mass is 19.4. The van der Waals surface area contributed by atoms with Gasteiger partial charge < -0.3 is 9.84 Å². The Morgan fingerprint density at radius 1 is 1.23 bits per heavy atom. The first kappa shape index (κ1) is 17.9. The smallest absolute Gasteiger partial charge is 0.429 e. The minimum Gasteiger partial charge on any atom is -0.507 e. The Balaban J connectivity index is 3.33. The van der Waals surface area contributed by atoms with Crippen LogP contribution in [0.4, 0.5) is 26.3 Å². The maximum absolute atomic E-state index is 12.9. The summed E-state index contributed by atoms with van der Waals surface area (Å²) in [7, 11) is 0. The van der Waals surface area contributed by atoms with Crippen molar-refractivity contribution in [2.75, 3.05) is 0 Å². The number of benzene rings is 1. The molecule has 0 spiro atoms. The first-order chi connectivity index (χ1) is 9.84. The summed E-state index contributed by atoms with van der Waals surface area (Å²) >= 11 is 0. The second-order valence-electron chi connectivity index (χ2n) is 4.38. The van der Waals surface area contributed by atoms with E-state index in [0.717, 1.165) is 6.92 Å². The molecule has 0 aliphatic carbocycles. The highest BCUT2D eigenvalue weighted by Crippen LogP contribution is 2.41. The second-order valence-corrected chi connectivity index (χ2v) is 4.38. The summed E-state index contributed by atoms with van der Waals surface area (Å²) in [5, 5.41) is 9.10. The summed E-state index contributed by atoms with van der Waals surface area (Å²) in [5.41, 5.74) is -2.97. The molecule has 0 radical (unpaired) electrons. The normalized spacial score (nSPS) is 13.6. The van der Waals surface area contributed by atoms with Gasteiger partial charge in [-0.15, -0.1) is 0 Å². The number of rotatable bonds is 3. The minimum atomic E-state index is -5.13. The van der Waals surface area contributed by atoms with E-state index in [9.17, 15) is 31.1 Å². The third-order valence-corrected chi connectivity index (χ3v) is 2.50. The zero-order valence-corrected chi connectivity index (χ0v) is 11.0. The van der Waals surface area contributed by atoms with Crippen LogP contribution >= 0.6 is 0 Å². The van der Waals surface area contributed by atoms with Gasteiger partial charge in [0.15, 0.2) is 0 Å². The van der Waals surface area contributed by atoms with Crippen LogP contribution in [0.15, 0.2) is 30.4 Å². The molecule has 122 valence electrons. The summed E-state index contributed by atoms with van der Waals surface area (Å²) in [6.45, 7) is 4.18. The van der Waals surface area contributed by atoms with Gasteiger partial charge in [0.1, 0.15) is 5.75 Å². The molecular weight excluding hydrogens is 318 g/mol. The number of phenolic OH excluding ortho intramolecular Hbond substituents is 1. The molecule has 1 aromatic carbocycles. The van der Waals surface area contributed by atoms with E-state index in [1.54, 1.807) is 0 Å². The van der Waals surface area contributed by atoms with Crippen molar-refractivity contribution in [3.8, 4) is 5.75 Å². The fraction of sp³-hybridized carbons (Fsp3) is 0.308. The maximum Gasteiger partial charge on any atom is 0.429 e. The van der Waals surface area contributed by atoms with Crippen molar-refractivity contribution in [2.45, 2.75) is 25.4 Å². The molecule has 0 aliphatic heterocycles. The standard InChI is InChI=1S/C13H10F6O3/c1-6(2)11(21)22-10(13(17,18)19)7-3-4-9(20)8(5-7)12(14,15)16/h3-5,10,20H,1H2,2H3. The number of phenols is 1. The van der Waals surface area contributed by atoms with Crippen molar-refractivity contribution >= 4 is 5.97 Å². The van der Waals surface area contributed by atoms with Crippen LogP contribution in [0.1, 0.15) is 24.2 Å². The fourth-order valence-corrected chi connectivity index (χ4v) is 1.48. The lowest BCUT2D eigenvalue weighted by Gasteiger charge is -2.22. The molecule has 1 rings (SSSR count). The molecule has 9 heteroatoms. The predicted octanol–water partition coefficient (Wildman–Crippen LogP) is 4.13. The van der Waals surface area contributed by atoms with Crippen LogP contribution in [-0.4, -0.2) is 17.3 Å². The van der Waals surface area contributed by atoms with Crippen LogP contribution < -0.4 is 0 Å². The van der Waals surface area contributed by atoms with Gasteiger partial charge in [-0.05, 0) is 19.1 Å². The summed E-state index contributed by atoms with van der Waals surface area (Å²) in [6.07, 6.45) is -13.1. The molecule has 1 aromatic rings. The lowest BCUT2D eigenvalue weighted by molar-refractivity contribution is -0.222. The Kier molecular flexibility index (Phi) is 4.79. The van der Waals surface area contributed by atoms with Crippen molar-refractivity contribution in [1.29, 1.82) is 0 Å². The van der Waals surface area contributed by atoms with Crippen molar-refractivity contribution in [3.05, 3.63) is 41.5 Å². The van der Waals surface area contributed by atoms with E-state index in [2.05, 4.69) is 11.3 Å². The topological polar surface area (TPSA) is 46.5 Å². The van der Waals surface area contributed by atoms with Gasteiger partial charge in [0, 0.05) is 11.1 Å². The molecule has 0 amide bonds. The Bertz CT molecular complexity index is 588. The lowest BCUT2D eigenvalue weighted by atomic mass is 10.0. The Morgan fingerprint density at radius 2 is 1.77 bits per heavy atom. The fourth-order valence-electron chi connectivity index (χ4n) is 1.48. The van der Waals surface area contributed by atoms with Crippen LogP contribution in [-0.2, 0) is 15.7 Å². The van der Waals surface area contributed by atoms with Crippen LogP contribution in [0.2, 0.25) is 0 Å². The van der Waals surface area contributed by atoms with Crippen molar-refractivity contribution in [3.63, 3.8) is 0 Å². The molecule has 0 fully saturated rings. The number of hydrogen-bond donors (Lipinski definition) is 1. The predicted molar refractivity (Wildman–Crippen MR) is 62.8 cm³/mol. The number of alkyl halides is 6. The van der Waals surface area contributed by atoms with Crippen LogP contribution in [0.3, 0.4) is 0 Å². The van der Waals surface area contributed by atoms with Gasteiger partial charge >= 0.3 is 18.3 Å². The molecule has 1 N–H and O–H groups in total. The third-order valence-electron chi connectivity index (χ3n) is 2.50. The van der Waals surface area contributed by atoms with E-state index in [1.807, 2.05) is 0 Å². The van der Waals surface area contributed by atoms with E-state index in [4.69, 9.17) is 5.11 Å². The number of aromatic hydroxyl groups is 1. The lowest BCUT2D eigenvalue weighted by Crippen LogP contribution is -2.26. The third kappa shape index (κ3) is 4.15. The van der Waals surface area contributed by atoms with E-state index >= 15 is 0 Å². The van der Waals surface area contributed by atoms with E-state index < -0.39 is 41.3 Å². The first-order valence-corrected chi connectivity index (χ1v) is 5.67. The molecule has 0 heterocycles. The Hall–Kier alpha value is -2.19. The van der Waals surface area contributed by atoms with Crippen molar-refractivity contribution in [2.24, 2.45) is 0 Å². The number of ether oxygens (including phenoxy) is 1. The average Bonchev–Trinajstić information content (AvgIpc) is 2.33. The second kappa shape index (κ2) is 5.90. The molecule has 22 heavy (non-hydrogen) atoms. The quantitative estimate of drug-likeness (QED) is 0.515. The van der Waals surface area contributed by atoms with Gasteiger partial charge in [-0.25, -0.2) is 4.79 Å². The number of carbonyl (C=O) groups excluding carboxylic acids is 1. The molecule has 0 saturated heterocycles. The summed E-state index contributed by atoms with van der Waals surface area (Å²) in [5.74, 6) is -2.63. The SMILES string of the molecule is C=C(C)C(=O)OC(c1ccc(O)c(C(F)(F)F)c1)C(F)(F)F. The Labute approximate surface area is 120 Å². The number of halogens is 6. The zero-order chi connectivity index (χ0) is 17.3. The molecule has 0 aliphatic rings. The highest BCUT2D eigenvalue weighted by Gasteiger charge is 2.45. The molecule has 1 atom stereocenters. The molecule has 0 bridgehead atoms. The van der Waals surface area contributed by atoms with Gasteiger partial charge in [0.05, 0.1) is 5.56 Å². The largest absolute Gasteiger partial charge is 0.507 e. The van der Waals surface area contributed by atoms with E-state index in [1.165, 1.54) is 0 Å². The average molecular weight is 328 g/mol. The molecule has 1 unspecified atom stereocenters. The van der Waals surface area contributed by atoms with Gasteiger partial charge in [0.25, 0.3) is 0 Å².